The number of hydrogen-bond acceptors (Lipinski definition) is 2. The van der Waals surface area contributed by atoms with Crippen LogP contribution in [0, 0.1) is 0 Å². The molecule has 0 fully saturated rings. The first kappa shape index (κ1) is 15.2. The van der Waals surface area contributed by atoms with Gasteiger partial charge in [-0.3, -0.25) is 0 Å². The molecule has 0 bridgehead atoms. The molecule has 0 saturated heterocycles. The van der Waals surface area contributed by atoms with Gasteiger partial charge in [0.05, 0.1) is 6.54 Å². The van der Waals surface area contributed by atoms with Crippen LogP contribution in [0.3, 0.4) is 0 Å². The topological polar surface area (TPSA) is 24.7 Å². The second-order valence-electron chi connectivity index (χ2n) is 5.44. The zero-order chi connectivity index (χ0) is 15.7. The molecule has 0 heterocycles. The largest absolute Gasteiger partial charge is 0.193 e. The Balaban J connectivity index is 1.73. The van der Waals surface area contributed by atoms with Crippen LogP contribution >= 0.6 is 0 Å². The first-order valence-corrected chi connectivity index (χ1v) is 7.94. The SMILES string of the molecule is c1ccc(CCN=NC(c2ccccc2)c2ccccc2)cc1. The Bertz CT molecular complexity index is 682. The molecule has 0 aromatic heterocycles. The van der Waals surface area contributed by atoms with E-state index in [9.17, 15) is 0 Å². The van der Waals surface area contributed by atoms with Crippen molar-refractivity contribution in [1.29, 1.82) is 0 Å². The number of benzene rings is 3. The average molecular weight is 300 g/mol. The van der Waals surface area contributed by atoms with Gasteiger partial charge in [0.25, 0.3) is 0 Å². The highest BCUT2D eigenvalue weighted by molar-refractivity contribution is 5.31. The Labute approximate surface area is 137 Å². The molecule has 3 rings (SSSR count). The number of hydrogen-bond donors (Lipinski definition) is 0. The molecule has 0 atom stereocenters. The molecule has 2 heteroatoms. The summed E-state index contributed by atoms with van der Waals surface area (Å²) in [6.45, 7) is 0.709. The predicted molar refractivity (Wildman–Crippen MR) is 94.6 cm³/mol. The fourth-order valence-corrected chi connectivity index (χ4v) is 2.56. The normalized spacial score (nSPS) is 11.2. The molecular formula is C21H20N2. The molecule has 114 valence electrons. The van der Waals surface area contributed by atoms with E-state index in [0.29, 0.717) is 6.54 Å². The molecule has 0 amide bonds. The summed E-state index contributed by atoms with van der Waals surface area (Å²) in [5.74, 6) is 0. The molecule has 0 aliphatic carbocycles. The van der Waals surface area contributed by atoms with Crippen molar-refractivity contribution in [2.24, 2.45) is 10.2 Å². The van der Waals surface area contributed by atoms with Gasteiger partial charge < -0.3 is 0 Å². The van der Waals surface area contributed by atoms with E-state index in [4.69, 9.17) is 0 Å². The molecule has 0 aliphatic heterocycles. The van der Waals surface area contributed by atoms with Gasteiger partial charge >= 0.3 is 0 Å². The van der Waals surface area contributed by atoms with E-state index in [-0.39, 0.29) is 6.04 Å². The monoisotopic (exact) mass is 300 g/mol. The molecule has 2 nitrogen and oxygen atoms in total. The maximum absolute atomic E-state index is 4.60. The lowest BCUT2D eigenvalue weighted by atomic mass is 10.00. The maximum atomic E-state index is 4.60. The van der Waals surface area contributed by atoms with E-state index in [1.54, 1.807) is 0 Å². The van der Waals surface area contributed by atoms with Crippen molar-refractivity contribution in [3.8, 4) is 0 Å². The zero-order valence-corrected chi connectivity index (χ0v) is 13.0. The average Bonchev–Trinajstić information content (AvgIpc) is 2.64. The van der Waals surface area contributed by atoms with Crippen molar-refractivity contribution in [3.63, 3.8) is 0 Å². The quantitative estimate of drug-likeness (QED) is 0.539. The van der Waals surface area contributed by atoms with Gasteiger partial charge in [-0.15, -0.1) is 0 Å². The van der Waals surface area contributed by atoms with Gasteiger partial charge in [-0.1, -0.05) is 91.0 Å². The summed E-state index contributed by atoms with van der Waals surface area (Å²) >= 11 is 0. The van der Waals surface area contributed by atoms with Crippen LogP contribution in [0.4, 0.5) is 0 Å². The molecule has 0 radical (unpaired) electrons. The number of azo groups is 1. The van der Waals surface area contributed by atoms with Crippen molar-refractivity contribution >= 4 is 0 Å². The van der Waals surface area contributed by atoms with Gasteiger partial charge in [0.15, 0.2) is 0 Å². The van der Waals surface area contributed by atoms with Crippen molar-refractivity contribution < 1.29 is 0 Å². The van der Waals surface area contributed by atoms with Gasteiger partial charge in [0.2, 0.25) is 0 Å². The smallest absolute Gasteiger partial charge is 0.121 e. The summed E-state index contributed by atoms with van der Waals surface area (Å²) < 4.78 is 0. The minimum atomic E-state index is -0.0341. The lowest BCUT2D eigenvalue weighted by molar-refractivity contribution is 0.751. The van der Waals surface area contributed by atoms with Crippen LogP contribution in [0.15, 0.2) is 101 Å². The Morgan fingerprint density at radius 2 is 1.09 bits per heavy atom. The Morgan fingerprint density at radius 3 is 1.61 bits per heavy atom. The highest BCUT2D eigenvalue weighted by atomic mass is 15.1. The molecular weight excluding hydrogens is 280 g/mol. The number of nitrogens with zero attached hydrogens (tertiary/aromatic N) is 2. The van der Waals surface area contributed by atoms with Crippen LogP contribution in [0.5, 0.6) is 0 Å². The molecule has 0 N–H and O–H groups in total. The van der Waals surface area contributed by atoms with Crippen LogP contribution in [0.25, 0.3) is 0 Å². The predicted octanol–water partition coefficient (Wildman–Crippen LogP) is 5.47. The molecule has 3 aromatic rings. The fraction of sp³-hybridized carbons (Fsp3) is 0.143. The zero-order valence-electron chi connectivity index (χ0n) is 13.0. The van der Waals surface area contributed by atoms with Gasteiger partial charge in [-0.2, -0.15) is 10.2 Å². The van der Waals surface area contributed by atoms with E-state index in [1.807, 2.05) is 42.5 Å². The van der Waals surface area contributed by atoms with E-state index in [1.165, 1.54) is 16.7 Å². The molecule has 3 aromatic carbocycles. The van der Waals surface area contributed by atoms with Crippen molar-refractivity contribution in [2.75, 3.05) is 6.54 Å². The molecule has 0 aliphatic rings. The molecule has 0 unspecified atom stereocenters. The molecule has 23 heavy (non-hydrogen) atoms. The van der Waals surface area contributed by atoms with Crippen LogP contribution < -0.4 is 0 Å². The van der Waals surface area contributed by atoms with Crippen molar-refractivity contribution in [1.82, 2.24) is 0 Å². The third-order valence-electron chi connectivity index (χ3n) is 3.77. The van der Waals surface area contributed by atoms with Gasteiger partial charge in [-0.05, 0) is 23.1 Å². The highest BCUT2D eigenvalue weighted by Gasteiger charge is 2.12. The Hall–Kier alpha value is -2.74. The minimum Gasteiger partial charge on any atom is -0.193 e. The first-order chi connectivity index (χ1) is 11.4. The molecule has 0 spiro atoms. The summed E-state index contributed by atoms with van der Waals surface area (Å²) in [5.41, 5.74) is 3.63. The van der Waals surface area contributed by atoms with Crippen LogP contribution in [-0.4, -0.2) is 6.54 Å². The summed E-state index contributed by atoms with van der Waals surface area (Å²) in [5, 5.41) is 9.05. The second kappa shape index (κ2) is 8.04. The van der Waals surface area contributed by atoms with Gasteiger partial charge in [-0.25, -0.2) is 0 Å². The Kier molecular flexibility index (Phi) is 5.30. The van der Waals surface area contributed by atoms with E-state index in [0.717, 1.165) is 6.42 Å². The summed E-state index contributed by atoms with van der Waals surface area (Å²) in [6.07, 6.45) is 0.917. The Morgan fingerprint density at radius 1 is 0.609 bits per heavy atom. The highest BCUT2D eigenvalue weighted by Crippen LogP contribution is 2.26. The lowest BCUT2D eigenvalue weighted by Gasteiger charge is -2.12. The van der Waals surface area contributed by atoms with E-state index >= 15 is 0 Å². The van der Waals surface area contributed by atoms with Crippen LogP contribution in [0.1, 0.15) is 22.7 Å². The first-order valence-electron chi connectivity index (χ1n) is 7.94. The second-order valence-corrected chi connectivity index (χ2v) is 5.44. The van der Waals surface area contributed by atoms with Crippen molar-refractivity contribution in [2.45, 2.75) is 12.5 Å². The van der Waals surface area contributed by atoms with Crippen LogP contribution in [0.2, 0.25) is 0 Å². The fourth-order valence-electron chi connectivity index (χ4n) is 2.56. The number of rotatable bonds is 6. The summed E-state index contributed by atoms with van der Waals surface area (Å²) in [4.78, 5) is 0. The van der Waals surface area contributed by atoms with Gasteiger partial charge in [0.1, 0.15) is 6.04 Å². The third kappa shape index (κ3) is 4.36. The standard InChI is InChI=1S/C21H20N2/c1-4-10-18(11-5-1)16-17-22-23-21(19-12-6-2-7-13-19)20-14-8-3-9-15-20/h1-15,21H,16-17H2. The van der Waals surface area contributed by atoms with E-state index < -0.39 is 0 Å². The summed E-state index contributed by atoms with van der Waals surface area (Å²) in [7, 11) is 0. The van der Waals surface area contributed by atoms with E-state index in [2.05, 4.69) is 58.8 Å². The van der Waals surface area contributed by atoms with Crippen molar-refractivity contribution in [3.05, 3.63) is 108 Å². The molecule has 0 saturated carbocycles. The lowest BCUT2D eigenvalue weighted by Crippen LogP contribution is -1.98. The third-order valence-corrected chi connectivity index (χ3v) is 3.77. The van der Waals surface area contributed by atoms with Gasteiger partial charge in [0, 0.05) is 0 Å². The minimum absolute atomic E-state index is 0.0341. The summed E-state index contributed by atoms with van der Waals surface area (Å²) in [6, 6.07) is 31.0. The maximum Gasteiger partial charge on any atom is 0.121 e. The van der Waals surface area contributed by atoms with Crippen LogP contribution in [-0.2, 0) is 6.42 Å².